The van der Waals surface area contributed by atoms with Gasteiger partial charge in [-0.05, 0) is 35.7 Å². The summed E-state index contributed by atoms with van der Waals surface area (Å²) in [6.07, 6.45) is 6.09. The number of hydrogen-bond acceptors (Lipinski definition) is 5. The summed E-state index contributed by atoms with van der Waals surface area (Å²) in [6, 6.07) is 0. The highest BCUT2D eigenvalue weighted by Gasteiger charge is 2.29. The number of nitrogens with one attached hydrogen (secondary N) is 1. The average Bonchev–Trinajstić information content (AvgIpc) is 2.85. The summed E-state index contributed by atoms with van der Waals surface area (Å²) >= 11 is 3.29. The summed E-state index contributed by atoms with van der Waals surface area (Å²) in [6.45, 7) is 1.96. The topological polar surface area (TPSA) is 73.2 Å². The molecule has 0 unspecified atom stereocenters. The van der Waals surface area contributed by atoms with E-state index in [1.807, 2.05) is 0 Å². The third-order valence-electron chi connectivity index (χ3n) is 3.63. The van der Waals surface area contributed by atoms with Gasteiger partial charge in [0.05, 0.1) is 19.0 Å². The maximum absolute atomic E-state index is 12.1. The Balaban J connectivity index is 2.22. The van der Waals surface area contributed by atoms with Crippen LogP contribution < -0.4 is 10.9 Å². The van der Waals surface area contributed by atoms with Crippen LogP contribution in [0, 0.1) is 0 Å². The highest BCUT2D eigenvalue weighted by Crippen LogP contribution is 2.33. The Morgan fingerprint density at radius 2 is 2.20 bits per heavy atom. The van der Waals surface area contributed by atoms with Crippen molar-refractivity contribution in [3.05, 3.63) is 21.0 Å². The average molecular weight is 344 g/mol. The zero-order chi connectivity index (χ0) is 14.8. The van der Waals surface area contributed by atoms with E-state index in [9.17, 15) is 9.59 Å². The molecule has 2 rings (SSSR count). The van der Waals surface area contributed by atoms with Crippen molar-refractivity contribution in [2.75, 3.05) is 12.4 Å². The molecule has 1 aliphatic rings. The van der Waals surface area contributed by atoms with E-state index in [0.29, 0.717) is 10.2 Å². The van der Waals surface area contributed by atoms with Crippen molar-refractivity contribution in [3.8, 4) is 0 Å². The molecular weight excluding hydrogens is 326 g/mol. The predicted octanol–water partition coefficient (Wildman–Crippen LogP) is 1.92. The Kier molecular flexibility index (Phi) is 4.47. The summed E-state index contributed by atoms with van der Waals surface area (Å²) in [5, 5.41) is 7.39. The van der Waals surface area contributed by atoms with Crippen LogP contribution in [0.25, 0.3) is 0 Å². The molecule has 1 N–H and O–H groups in total. The smallest absolute Gasteiger partial charge is 0.327 e. The largest absolute Gasteiger partial charge is 0.468 e. The number of anilines is 1. The Labute approximate surface area is 125 Å². The van der Waals surface area contributed by atoms with Crippen molar-refractivity contribution in [1.29, 1.82) is 0 Å². The van der Waals surface area contributed by atoms with Gasteiger partial charge in [0.25, 0.3) is 5.56 Å². The molecule has 7 heteroatoms. The van der Waals surface area contributed by atoms with Crippen molar-refractivity contribution in [2.45, 2.75) is 44.7 Å². The minimum Gasteiger partial charge on any atom is -0.468 e. The van der Waals surface area contributed by atoms with Crippen LogP contribution in [-0.4, -0.2) is 28.4 Å². The Hall–Kier alpha value is -1.37. The number of carbonyl (C=O) groups is 1. The molecule has 1 heterocycles. The zero-order valence-electron chi connectivity index (χ0n) is 11.6. The number of esters is 1. The summed E-state index contributed by atoms with van der Waals surface area (Å²) in [7, 11) is 1.28. The maximum atomic E-state index is 12.1. The molecule has 0 aromatic carbocycles. The van der Waals surface area contributed by atoms with Gasteiger partial charge in [-0.25, -0.2) is 4.68 Å². The van der Waals surface area contributed by atoms with Crippen molar-refractivity contribution in [2.24, 2.45) is 0 Å². The summed E-state index contributed by atoms with van der Waals surface area (Å²) < 4.78 is 6.01. The summed E-state index contributed by atoms with van der Waals surface area (Å²) in [4.78, 5) is 23.3. The minimum absolute atomic E-state index is 0.00513. The van der Waals surface area contributed by atoms with Gasteiger partial charge in [0.15, 0.2) is 0 Å². The van der Waals surface area contributed by atoms with Gasteiger partial charge in [-0.15, -0.1) is 0 Å². The third kappa shape index (κ3) is 3.20. The van der Waals surface area contributed by atoms with Gasteiger partial charge in [0.1, 0.15) is 11.0 Å². The van der Waals surface area contributed by atoms with Gasteiger partial charge in [-0.3, -0.25) is 9.59 Å². The number of methoxy groups -OCH3 is 1. The van der Waals surface area contributed by atoms with Crippen molar-refractivity contribution in [3.63, 3.8) is 0 Å². The van der Waals surface area contributed by atoms with Gasteiger partial charge >= 0.3 is 5.97 Å². The number of carbonyl (C=O) groups excluding carboxylic acids is 1. The van der Waals surface area contributed by atoms with Gasteiger partial charge in [-0.1, -0.05) is 12.8 Å². The molecule has 1 fully saturated rings. The van der Waals surface area contributed by atoms with Crippen LogP contribution >= 0.6 is 15.9 Å². The zero-order valence-corrected chi connectivity index (χ0v) is 13.2. The first-order valence-corrected chi connectivity index (χ1v) is 7.35. The third-order valence-corrected chi connectivity index (χ3v) is 4.40. The van der Waals surface area contributed by atoms with Crippen molar-refractivity contribution in [1.82, 2.24) is 9.78 Å². The number of ether oxygens (including phenoxy) is 1. The van der Waals surface area contributed by atoms with Crippen molar-refractivity contribution < 1.29 is 9.53 Å². The molecule has 0 amide bonds. The SMILES string of the molecule is COC(=O)Cn1ncc(NC2(C)CCCC2)c(Br)c1=O. The highest BCUT2D eigenvalue weighted by atomic mass is 79.9. The highest BCUT2D eigenvalue weighted by molar-refractivity contribution is 9.10. The van der Waals surface area contributed by atoms with E-state index in [1.54, 1.807) is 6.20 Å². The molecule has 0 radical (unpaired) electrons. The monoisotopic (exact) mass is 343 g/mol. The summed E-state index contributed by atoms with van der Waals surface area (Å²) in [5.74, 6) is -0.505. The lowest BCUT2D eigenvalue weighted by molar-refractivity contribution is -0.141. The van der Waals surface area contributed by atoms with E-state index in [2.05, 4.69) is 38.0 Å². The molecule has 0 saturated heterocycles. The Morgan fingerprint density at radius 1 is 1.55 bits per heavy atom. The molecule has 20 heavy (non-hydrogen) atoms. The summed E-state index contributed by atoms with van der Waals surface area (Å²) in [5.41, 5.74) is 0.327. The fraction of sp³-hybridized carbons (Fsp3) is 0.615. The lowest BCUT2D eigenvalue weighted by Gasteiger charge is -2.27. The van der Waals surface area contributed by atoms with Crippen LogP contribution in [0.1, 0.15) is 32.6 Å². The second-order valence-electron chi connectivity index (χ2n) is 5.30. The normalized spacial score (nSPS) is 16.9. The molecule has 110 valence electrons. The molecule has 0 spiro atoms. The van der Waals surface area contributed by atoms with E-state index in [4.69, 9.17) is 0 Å². The number of hydrogen-bond donors (Lipinski definition) is 1. The minimum atomic E-state index is -0.505. The van der Waals surface area contributed by atoms with Crippen LogP contribution in [0.2, 0.25) is 0 Å². The lowest BCUT2D eigenvalue weighted by atomic mass is 10.0. The second-order valence-corrected chi connectivity index (χ2v) is 6.10. The Bertz CT molecular complexity index is 564. The fourth-order valence-electron chi connectivity index (χ4n) is 2.46. The maximum Gasteiger partial charge on any atom is 0.327 e. The molecule has 1 saturated carbocycles. The van der Waals surface area contributed by atoms with Gasteiger partial charge in [-0.2, -0.15) is 5.10 Å². The quantitative estimate of drug-likeness (QED) is 0.845. The molecular formula is C13H18BrN3O3. The number of halogens is 1. The van der Waals surface area contributed by atoms with Gasteiger partial charge < -0.3 is 10.1 Å². The van der Waals surface area contributed by atoms with Gasteiger partial charge in [0.2, 0.25) is 0 Å². The predicted molar refractivity (Wildman–Crippen MR) is 78.7 cm³/mol. The van der Waals surface area contributed by atoms with Crippen molar-refractivity contribution >= 4 is 27.6 Å². The molecule has 0 atom stereocenters. The Morgan fingerprint density at radius 3 is 2.80 bits per heavy atom. The van der Waals surface area contributed by atoms with E-state index in [-0.39, 0.29) is 17.6 Å². The van der Waals surface area contributed by atoms with Crippen LogP contribution in [0.3, 0.4) is 0 Å². The standard InChI is InChI=1S/C13H18BrN3O3/c1-13(5-3-4-6-13)16-9-7-15-17(8-10(18)20-2)12(19)11(9)14/h7,16H,3-6,8H2,1-2H3. The van der Waals surface area contributed by atoms with Crippen LogP contribution in [0.5, 0.6) is 0 Å². The molecule has 1 aromatic rings. The van der Waals surface area contributed by atoms with E-state index < -0.39 is 5.97 Å². The molecule has 6 nitrogen and oxygen atoms in total. The van der Waals surface area contributed by atoms with E-state index >= 15 is 0 Å². The molecule has 0 aliphatic heterocycles. The van der Waals surface area contributed by atoms with Crippen LogP contribution in [0.15, 0.2) is 15.5 Å². The molecule has 1 aromatic heterocycles. The molecule has 1 aliphatic carbocycles. The fourth-order valence-corrected chi connectivity index (χ4v) is 2.86. The molecule has 0 bridgehead atoms. The number of aromatic nitrogens is 2. The first-order chi connectivity index (χ1) is 9.45. The van der Waals surface area contributed by atoms with Crippen LogP contribution in [0.4, 0.5) is 5.69 Å². The van der Waals surface area contributed by atoms with Crippen LogP contribution in [-0.2, 0) is 16.1 Å². The number of nitrogens with zero attached hydrogens (tertiary/aromatic N) is 2. The first-order valence-electron chi connectivity index (χ1n) is 6.56. The lowest BCUT2D eigenvalue weighted by Crippen LogP contribution is -2.34. The van der Waals surface area contributed by atoms with E-state index in [1.165, 1.54) is 20.0 Å². The first kappa shape index (κ1) is 15.0. The number of rotatable bonds is 4. The van der Waals surface area contributed by atoms with E-state index in [0.717, 1.165) is 17.5 Å². The second kappa shape index (κ2) is 5.95. The van der Waals surface area contributed by atoms with Gasteiger partial charge in [0, 0.05) is 5.54 Å².